The monoisotopic (exact) mass is 245 g/mol. The number of alkyl halides is 1. The van der Waals surface area contributed by atoms with Gasteiger partial charge in [0.25, 0.3) is 0 Å². The number of ether oxygens (including phenoxy) is 1. The Morgan fingerprint density at radius 1 is 1.60 bits per heavy atom. The molecule has 1 aromatic rings. The van der Waals surface area contributed by atoms with Crippen LogP contribution in [0.1, 0.15) is 10.4 Å². The Morgan fingerprint density at radius 3 is 2.87 bits per heavy atom. The zero-order valence-electron chi connectivity index (χ0n) is 8.33. The summed E-state index contributed by atoms with van der Waals surface area (Å²) in [4.78, 5) is 12.1. The van der Waals surface area contributed by atoms with Crippen molar-refractivity contribution in [3.8, 4) is 0 Å². The predicted octanol–water partition coefficient (Wildman–Crippen LogP) is 2.39. The summed E-state index contributed by atoms with van der Waals surface area (Å²) in [6.07, 6.45) is 0. The lowest BCUT2D eigenvalue weighted by Gasteiger charge is -2.06. The Hall–Kier alpha value is -0.870. The zero-order valence-corrected chi connectivity index (χ0v) is 9.90. The number of esters is 1. The highest BCUT2D eigenvalue weighted by atomic mass is 35.5. The van der Waals surface area contributed by atoms with Gasteiger partial charge < -0.3 is 10.5 Å². The fourth-order valence-corrected chi connectivity index (χ4v) is 1.99. The van der Waals surface area contributed by atoms with E-state index >= 15 is 0 Å². The number of carbonyl (C=O) groups is 1. The summed E-state index contributed by atoms with van der Waals surface area (Å²) in [5, 5.41) is 0. The second-order valence-corrected chi connectivity index (χ2v) is 4.30. The number of halogens is 1. The van der Waals surface area contributed by atoms with E-state index < -0.39 is 0 Å². The molecule has 0 spiro atoms. The van der Waals surface area contributed by atoms with Gasteiger partial charge in [0.2, 0.25) is 0 Å². The molecule has 0 heterocycles. The first-order valence-corrected chi connectivity index (χ1v) is 5.87. The van der Waals surface area contributed by atoms with Crippen molar-refractivity contribution in [2.45, 2.75) is 4.90 Å². The number of nitrogen functional groups attached to an aromatic ring is 1. The van der Waals surface area contributed by atoms with Crippen molar-refractivity contribution in [3.63, 3.8) is 0 Å². The third-order valence-electron chi connectivity index (χ3n) is 1.77. The molecule has 0 radical (unpaired) electrons. The number of hydrogen-bond donors (Lipinski definition) is 1. The molecule has 0 aromatic heterocycles. The van der Waals surface area contributed by atoms with Gasteiger partial charge in [-0.1, -0.05) is 0 Å². The molecule has 1 rings (SSSR count). The predicted molar refractivity (Wildman–Crippen MR) is 63.6 cm³/mol. The van der Waals surface area contributed by atoms with E-state index in [1.807, 2.05) is 0 Å². The minimum atomic E-state index is -0.379. The van der Waals surface area contributed by atoms with Crippen molar-refractivity contribution in [2.24, 2.45) is 0 Å². The summed E-state index contributed by atoms with van der Waals surface area (Å²) in [5.41, 5.74) is 6.82. The highest BCUT2D eigenvalue weighted by Gasteiger charge is 2.07. The molecule has 0 fully saturated rings. The summed E-state index contributed by atoms with van der Waals surface area (Å²) in [6, 6.07) is 5.11. The Balaban J connectivity index is 2.83. The van der Waals surface area contributed by atoms with Crippen LogP contribution in [0.4, 0.5) is 5.69 Å². The maximum absolute atomic E-state index is 11.2. The van der Waals surface area contributed by atoms with Crippen LogP contribution in [0.5, 0.6) is 0 Å². The molecule has 0 saturated heterocycles. The number of anilines is 1. The second-order valence-electron chi connectivity index (χ2n) is 2.78. The van der Waals surface area contributed by atoms with Crippen LogP contribution in [0.15, 0.2) is 23.1 Å². The molecule has 0 amide bonds. The van der Waals surface area contributed by atoms with E-state index in [9.17, 15) is 4.79 Å². The van der Waals surface area contributed by atoms with Crippen LogP contribution in [-0.2, 0) is 4.74 Å². The van der Waals surface area contributed by atoms with Gasteiger partial charge in [0, 0.05) is 22.2 Å². The standard InChI is InChI=1S/C10H12ClNO2S/c1-14-10(13)7-2-3-9(8(12)6-7)15-5-4-11/h2-3,6H,4-5,12H2,1H3. The van der Waals surface area contributed by atoms with E-state index in [1.54, 1.807) is 30.0 Å². The van der Waals surface area contributed by atoms with Crippen LogP contribution in [0, 0.1) is 0 Å². The summed E-state index contributed by atoms with van der Waals surface area (Å²) in [5.74, 6) is 0.988. The van der Waals surface area contributed by atoms with Gasteiger partial charge in [-0.3, -0.25) is 0 Å². The lowest BCUT2D eigenvalue weighted by atomic mass is 10.2. The number of hydrogen-bond acceptors (Lipinski definition) is 4. The second kappa shape index (κ2) is 5.88. The third-order valence-corrected chi connectivity index (χ3v) is 3.27. The van der Waals surface area contributed by atoms with Crippen molar-refractivity contribution in [1.82, 2.24) is 0 Å². The van der Waals surface area contributed by atoms with Crippen molar-refractivity contribution >= 4 is 35.0 Å². The van der Waals surface area contributed by atoms with Crippen LogP contribution in [-0.4, -0.2) is 24.7 Å². The van der Waals surface area contributed by atoms with Gasteiger partial charge in [-0.15, -0.1) is 23.4 Å². The van der Waals surface area contributed by atoms with E-state index in [1.165, 1.54) is 7.11 Å². The molecule has 5 heteroatoms. The highest BCUT2D eigenvalue weighted by Crippen LogP contribution is 2.26. The Kier molecular flexibility index (Phi) is 4.78. The maximum Gasteiger partial charge on any atom is 0.337 e. The van der Waals surface area contributed by atoms with Crippen LogP contribution in [0.2, 0.25) is 0 Å². The molecule has 0 aliphatic rings. The summed E-state index contributed by atoms with van der Waals surface area (Å²) < 4.78 is 4.59. The molecular weight excluding hydrogens is 234 g/mol. The van der Waals surface area contributed by atoms with Gasteiger partial charge in [-0.2, -0.15) is 0 Å². The molecule has 0 aliphatic carbocycles. The number of rotatable bonds is 4. The normalized spacial score (nSPS) is 10.0. The number of carbonyl (C=O) groups excluding carboxylic acids is 1. The first kappa shape index (κ1) is 12.2. The Labute approximate surface area is 97.9 Å². The molecule has 82 valence electrons. The van der Waals surface area contributed by atoms with E-state index in [0.717, 1.165) is 10.6 Å². The Morgan fingerprint density at radius 2 is 2.33 bits per heavy atom. The largest absolute Gasteiger partial charge is 0.465 e. The lowest BCUT2D eigenvalue weighted by molar-refractivity contribution is 0.0600. The third kappa shape index (κ3) is 3.32. The fourth-order valence-electron chi connectivity index (χ4n) is 1.07. The lowest BCUT2D eigenvalue weighted by Crippen LogP contribution is -2.02. The van der Waals surface area contributed by atoms with Gasteiger partial charge in [-0.05, 0) is 18.2 Å². The first-order valence-electron chi connectivity index (χ1n) is 4.35. The summed E-state index contributed by atoms with van der Waals surface area (Å²) >= 11 is 7.14. The smallest absolute Gasteiger partial charge is 0.337 e. The molecule has 0 unspecified atom stereocenters. The Bertz CT molecular complexity index is 357. The minimum absolute atomic E-state index is 0.379. The molecule has 1 aromatic carbocycles. The van der Waals surface area contributed by atoms with E-state index in [0.29, 0.717) is 17.1 Å². The number of thioether (sulfide) groups is 1. The molecule has 0 saturated carbocycles. The fraction of sp³-hybridized carbons (Fsp3) is 0.300. The van der Waals surface area contributed by atoms with E-state index in [2.05, 4.69) is 4.74 Å². The average Bonchev–Trinajstić information content (AvgIpc) is 2.26. The number of nitrogens with two attached hydrogens (primary N) is 1. The zero-order chi connectivity index (χ0) is 11.3. The van der Waals surface area contributed by atoms with Crippen molar-refractivity contribution in [1.29, 1.82) is 0 Å². The molecule has 0 aliphatic heterocycles. The van der Waals surface area contributed by atoms with Gasteiger partial charge >= 0.3 is 5.97 Å². The minimum Gasteiger partial charge on any atom is -0.465 e. The van der Waals surface area contributed by atoms with Gasteiger partial charge in [0.05, 0.1) is 12.7 Å². The van der Waals surface area contributed by atoms with Crippen LogP contribution in [0.25, 0.3) is 0 Å². The maximum atomic E-state index is 11.2. The highest BCUT2D eigenvalue weighted by molar-refractivity contribution is 7.99. The quantitative estimate of drug-likeness (QED) is 0.383. The summed E-state index contributed by atoms with van der Waals surface area (Å²) in [7, 11) is 1.34. The van der Waals surface area contributed by atoms with Crippen LogP contribution in [0.3, 0.4) is 0 Å². The topological polar surface area (TPSA) is 52.3 Å². The van der Waals surface area contributed by atoms with E-state index in [-0.39, 0.29) is 5.97 Å². The molecular formula is C10H12ClNO2S. The number of benzene rings is 1. The van der Waals surface area contributed by atoms with E-state index in [4.69, 9.17) is 17.3 Å². The molecule has 15 heavy (non-hydrogen) atoms. The van der Waals surface area contributed by atoms with Crippen LogP contribution >= 0.6 is 23.4 Å². The van der Waals surface area contributed by atoms with Gasteiger partial charge in [-0.25, -0.2) is 4.79 Å². The SMILES string of the molecule is COC(=O)c1ccc(SCCCl)c(N)c1. The van der Waals surface area contributed by atoms with Crippen molar-refractivity contribution in [3.05, 3.63) is 23.8 Å². The molecule has 0 atom stereocenters. The number of methoxy groups -OCH3 is 1. The summed E-state index contributed by atoms with van der Waals surface area (Å²) in [6.45, 7) is 0. The first-order chi connectivity index (χ1) is 7.19. The molecule has 0 bridgehead atoms. The van der Waals surface area contributed by atoms with Crippen molar-refractivity contribution < 1.29 is 9.53 Å². The van der Waals surface area contributed by atoms with Gasteiger partial charge in [0.1, 0.15) is 0 Å². The molecule has 3 nitrogen and oxygen atoms in total. The van der Waals surface area contributed by atoms with Crippen LogP contribution < -0.4 is 5.73 Å². The van der Waals surface area contributed by atoms with Crippen molar-refractivity contribution in [2.75, 3.05) is 24.5 Å². The van der Waals surface area contributed by atoms with Gasteiger partial charge in [0.15, 0.2) is 0 Å². The molecule has 2 N–H and O–H groups in total. The average molecular weight is 246 g/mol.